The molecule has 1 saturated heterocycles. The maximum atomic E-state index is 10.6. The van der Waals surface area contributed by atoms with Gasteiger partial charge in [-0.25, -0.2) is 9.31 Å². The molecule has 2 aromatic heterocycles. The van der Waals surface area contributed by atoms with Gasteiger partial charge in [0, 0.05) is 23.8 Å². The van der Waals surface area contributed by atoms with Gasteiger partial charge in [-0.05, 0) is 62.2 Å². The first-order valence-corrected chi connectivity index (χ1v) is 13.0. The van der Waals surface area contributed by atoms with Crippen molar-refractivity contribution >= 4 is 28.7 Å². The van der Waals surface area contributed by atoms with Crippen LogP contribution in [0.3, 0.4) is 0 Å². The van der Waals surface area contributed by atoms with E-state index in [2.05, 4.69) is 39.3 Å². The van der Waals surface area contributed by atoms with Gasteiger partial charge in [0.2, 0.25) is 0 Å². The summed E-state index contributed by atoms with van der Waals surface area (Å²) < 4.78 is 39.2. The number of piperidine rings is 1. The van der Waals surface area contributed by atoms with Gasteiger partial charge >= 0.3 is 12.1 Å². The number of halogens is 3. The summed E-state index contributed by atoms with van der Waals surface area (Å²) in [6.45, 7) is 4.49. The Hall–Kier alpha value is -4.76. The Labute approximate surface area is 234 Å². The minimum Gasteiger partial charge on any atom is -0.494 e. The lowest BCUT2D eigenvalue weighted by molar-refractivity contribution is -0.192. The maximum Gasteiger partial charge on any atom is 0.490 e. The van der Waals surface area contributed by atoms with Gasteiger partial charge in [-0.2, -0.15) is 23.5 Å². The molecule has 0 amide bonds. The number of aliphatic carboxylic acids is 1. The summed E-state index contributed by atoms with van der Waals surface area (Å²) in [4.78, 5) is 8.90. The maximum absolute atomic E-state index is 10.6. The molecule has 0 bridgehead atoms. The molecule has 1 aliphatic heterocycles. The van der Waals surface area contributed by atoms with Crippen LogP contribution in [-0.2, 0) is 4.79 Å². The second-order valence-electron chi connectivity index (χ2n) is 9.15. The number of anilines is 3. The van der Waals surface area contributed by atoms with E-state index in [1.807, 2.05) is 60.0 Å². The van der Waals surface area contributed by atoms with Crippen LogP contribution < -0.4 is 20.7 Å². The van der Waals surface area contributed by atoms with E-state index in [1.165, 1.54) is 0 Å². The van der Waals surface area contributed by atoms with Crippen molar-refractivity contribution in [2.75, 3.05) is 30.3 Å². The van der Waals surface area contributed by atoms with Gasteiger partial charge in [0.05, 0.1) is 24.0 Å². The number of rotatable bonds is 7. The van der Waals surface area contributed by atoms with Crippen LogP contribution in [0.25, 0.3) is 16.6 Å². The molecule has 1 fully saturated rings. The molecule has 0 spiro atoms. The Bertz CT molecular complexity index is 1510. The zero-order chi connectivity index (χ0) is 29.4. The molecule has 1 atom stereocenters. The second-order valence-corrected chi connectivity index (χ2v) is 9.15. The molecule has 12 heteroatoms. The van der Waals surface area contributed by atoms with E-state index in [0.29, 0.717) is 12.2 Å². The Morgan fingerprint density at radius 2 is 1.90 bits per heavy atom. The highest BCUT2D eigenvalue weighted by Crippen LogP contribution is 2.41. The van der Waals surface area contributed by atoms with Gasteiger partial charge in [-0.1, -0.05) is 30.3 Å². The van der Waals surface area contributed by atoms with Crippen molar-refractivity contribution in [3.8, 4) is 22.9 Å². The van der Waals surface area contributed by atoms with Crippen LogP contribution in [0.5, 0.6) is 5.75 Å². The van der Waals surface area contributed by atoms with E-state index in [1.54, 1.807) is 6.20 Å². The molecule has 41 heavy (non-hydrogen) atoms. The van der Waals surface area contributed by atoms with Crippen molar-refractivity contribution in [3.63, 3.8) is 0 Å². The number of alkyl halides is 3. The van der Waals surface area contributed by atoms with Gasteiger partial charge < -0.3 is 25.8 Å². The molecule has 9 nitrogen and oxygen atoms in total. The predicted octanol–water partition coefficient (Wildman–Crippen LogP) is 5.81. The number of hydrogen-bond acceptors (Lipinski definition) is 7. The number of benzene rings is 2. The number of nitrogens with one attached hydrogen (secondary N) is 3. The predicted molar refractivity (Wildman–Crippen MR) is 149 cm³/mol. The summed E-state index contributed by atoms with van der Waals surface area (Å²) in [5.41, 5.74) is 5.04. The quantitative estimate of drug-likeness (QED) is 0.221. The van der Waals surface area contributed by atoms with Crippen molar-refractivity contribution in [3.05, 3.63) is 72.4 Å². The molecule has 4 aromatic rings. The normalized spacial score (nSPS) is 14.9. The van der Waals surface area contributed by atoms with E-state index in [0.717, 1.165) is 65.5 Å². The Morgan fingerprint density at radius 3 is 2.49 bits per heavy atom. The van der Waals surface area contributed by atoms with E-state index < -0.39 is 12.1 Å². The van der Waals surface area contributed by atoms with E-state index in [4.69, 9.17) is 14.6 Å². The fourth-order valence-electron chi connectivity index (χ4n) is 4.52. The number of carboxylic acids is 1. The van der Waals surface area contributed by atoms with Crippen molar-refractivity contribution < 1.29 is 27.8 Å². The molecule has 2 aromatic carbocycles. The number of pyridine rings is 1. The number of ether oxygens (including phenoxy) is 1. The molecule has 1 aliphatic rings. The highest BCUT2D eigenvalue weighted by molar-refractivity contribution is 5.96. The van der Waals surface area contributed by atoms with Crippen LogP contribution in [0, 0.1) is 11.3 Å². The highest BCUT2D eigenvalue weighted by atomic mass is 19.4. The molecular weight excluding hydrogens is 537 g/mol. The second kappa shape index (κ2) is 13.1. The van der Waals surface area contributed by atoms with Crippen molar-refractivity contribution in [1.82, 2.24) is 14.9 Å². The molecule has 0 radical (unpaired) electrons. The van der Waals surface area contributed by atoms with Gasteiger partial charge in [0.1, 0.15) is 23.2 Å². The average molecular weight is 567 g/mol. The average Bonchev–Trinajstić information content (AvgIpc) is 3.45. The Balaban J connectivity index is 0.000000493. The third-order valence-electron chi connectivity index (χ3n) is 6.34. The molecular formula is C29H29F3N6O3. The first-order valence-electron chi connectivity index (χ1n) is 13.0. The van der Waals surface area contributed by atoms with Crippen LogP contribution in [-0.4, -0.2) is 52.6 Å². The molecule has 0 aliphatic carbocycles. The third kappa shape index (κ3) is 7.06. The lowest BCUT2D eigenvalue weighted by Crippen LogP contribution is -2.38. The lowest BCUT2D eigenvalue weighted by atomic mass is 9.98. The Morgan fingerprint density at radius 1 is 1.20 bits per heavy atom. The molecule has 4 N–H and O–H groups in total. The van der Waals surface area contributed by atoms with E-state index in [9.17, 15) is 18.4 Å². The number of carboxylic acid groups (broad SMARTS) is 1. The fraction of sp³-hybridized carbons (Fsp3) is 0.276. The van der Waals surface area contributed by atoms with Gasteiger partial charge in [-0.3, -0.25) is 0 Å². The molecule has 1 unspecified atom stereocenters. The van der Waals surface area contributed by atoms with Crippen molar-refractivity contribution in [2.45, 2.75) is 32.0 Å². The van der Waals surface area contributed by atoms with E-state index in [-0.39, 0.29) is 6.04 Å². The summed E-state index contributed by atoms with van der Waals surface area (Å²) in [5.74, 6) is -1.12. The van der Waals surface area contributed by atoms with Crippen LogP contribution >= 0.6 is 0 Å². The molecule has 0 saturated carbocycles. The van der Waals surface area contributed by atoms with Crippen LogP contribution in [0.4, 0.5) is 30.4 Å². The van der Waals surface area contributed by atoms with Crippen LogP contribution in [0.2, 0.25) is 0 Å². The minimum atomic E-state index is -5.08. The standard InChI is InChI=1S/C27H28N6O.C2HF3O2/c1-2-34-22-12-10-20(11-13-22)32-27-25(19-7-4-3-5-8-19)26(31-21-9-6-15-29-18-21)23(17-28)24-14-16-30-33(24)27;3-2(4,5)1(6)7/h3-5,7-8,10-14,16,21,29,31-32H,2,6,9,15,18H2,1H3;(H,6,7). The smallest absolute Gasteiger partial charge is 0.490 e. The number of nitriles is 1. The number of fused-ring (bicyclic) bond motifs is 1. The molecule has 214 valence electrons. The van der Waals surface area contributed by atoms with Crippen LogP contribution in [0.15, 0.2) is 66.9 Å². The Kier molecular flexibility index (Phi) is 9.31. The third-order valence-corrected chi connectivity index (χ3v) is 6.34. The summed E-state index contributed by atoms with van der Waals surface area (Å²) in [7, 11) is 0. The number of carbonyl (C=O) groups is 1. The van der Waals surface area contributed by atoms with Crippen molar-refractivity contribution in [1.29, 1.82) is 5.26 Å². The zero-order valence-corrected chi connectivity index (χ0v) is 22.2. The van der Waals surface area contributed by atoms with Crippen molar-refractivity contribution in [2.24, 2.45) is 0 Å². The van der Waals surface area contributed by atoms with E-state index >= 15 is 0 Å². The monoisotopic (exact) mass is 566 g/mol. The lowest BCUT2D eigenvalue weighted by Gasteiger charge is -2.28. The van der Waals surface area contributed by atoms with Gasteiger partial charge in [0.25, 0.3) is 0 Å². The zero-order valence-electron chi connectivity index (χ0n) is 22.2. The van der Waals surface area contributed by atoms with Gasteiger partial charge in [-0.15, -0.1) is 0 Å². The van der Waals surface area contributed by atoms with Gasteiger partial charge in [0.15, 0.2) is 0 Å². The van der Waals surface area contributed by atoms with Crippen LogP contribution in [0.1, 0.15) is 25.3 Å². The highest BCUT2D eigenvalue weighted by Gasteiger charge is 2.38. The molecule has 3 heterocycles. The summed E-state index contributed by atoms with van der Waals surface area (Å²) >= 11 is 0. The number of hydrogen-bond donors (Lipinski definition) is 4. The first kappa shape index (κ1) is 29.2. The SMILES string of the molecule is CCOc1ccc(Nc2c(-c3ccccc3)c(NC3CCCNC3)c(C#N)c3ccnn23)cc1.O=C(O)C(F)(F)F. The molecule has 5 rings (SSSR count). The first-order chi connectivity index (χ1) is 19.7. The summed E-state index contributed by atoms with van der Waals surface area (Å²) in [5, 5.41) is 32.7. The number of aromatic nitrogens is 2. The minimum absolute atomic E-state index is 0.243. The summed E-state index contributed by atoms with van der Waals surface area (Å²) in [6.07, 6.45) is -1.19. The topological polar surface area (TPSA) is 124 Å². The summed E-state index contributed by atoms with van der Waals surface area (Å²) in [6, 6.07) is 22.6. The fourth-order valence-corrected chi connectivity index (χ4v) is 4.52. The number of nitrogens with zero attached hydrogens (tertiary/aromatic N) is 3. The largest absolute Gasteiger partial charge is 0.494 e.